The van der Waals surface area contributed by atoms with E-state index in [0.717, 1.165) is 24.8 Å². The van der Waals surface area contributed by atoms with Gasteiger partial charge in [-0.3, -0.25) is 0 Å². The Hall–Kier alpha value is -2.50. The van der Waals surface area contributed by atoms with E-state index < -0.39 is 12.0 Å². The number of para-hydroxylation sites is 1. The zero-order valence-corrected chi connectivity index (χ0v) is 15.8. The van der Waals surface area contributed by atoms with Crippen LogP contribution in [0.4, 0.5) is 4.79 Å². The number of nitrogens with one attached hydrogen (secondary N) is 2. The summed E-state index contributed by atoms with van der Waals surface area (Å²) in [5.74, 6) is 0.250. The third-order valence-corrected chi connectivity index (χ3v) is 4.12. The predicted molar refractivity (Wildman–Crippen MR) is 99.8 cm³/mol. The summed E-state index contributed by atoms with van der Waals surface area (Å²) in [6.07, 6.45) is 3.32. The average molecular weight is 360 g/mol. The summed E-state index contributed by atoms with van der Waals surface area (Å²) in [6.45, 7) is 6.71. The number of ether oxygens (including phenoxy) is 2. The smallest absolute Gasteiger partial charge is 0.338 e. The Bertz CT molecular complexity index is 670. The lowest BCUT2D eigenvalue weighted by Gasteiger charge is -2.30. The monoisotopic (exact) mass is 360 g/mol. The molecule has 6 nitrogen and oxygen atoms in total. The average Bonchev–Trinajstić information content (AvgIpc) is 2.64. The molecule has 0 saturated carbocycles. The molecule has 0 aliphatic carbocycles. The Kier molecular flexibility index (Phi) is 7.51. The van der Waals surface area contributed by atoms with Crippen molar-refractivity contribution in [3.8, 4) is 5.75 Å². The van der Waals surface area contributed by atoms with Crippen LogP contribution in [0.25, 0.3) is 0 Å². The Morgan fingerprint density at radius 2 is 1.92 bits per heavy atom. The summed E-state index contributed by atoms with van der Waals surface area (Å²) in [5.41, 5.74) is 1.84. The molecule has 2 N–H and O–H groups in total. The molecule has 1 unspecified atom stereocenters. The van der Waals surface area contributed by atoms with Gasteiger partial charge >= 0.3 is 12.0 Å². The molecular formula is C20H28N2O4. The van der Waals surface area contributed by atoms with Crippen LogP contribution in [0.3, 0.4) is 0 Å². The van der Waals surface area contributed by atoms with Gasteiger partial charge in [0.05, 0.1) is 24.8 Å². The Balaban J connectivity index is 2.49. The molecule has 1 aliphatic heterocycles. The number of allylic oxidation sites excluding steroid dienone is 1. The highest BCUT2D eigenvalue weighted by Crippen LogP contribution is 2.34. The van der Waals surface area contributed by atoms with E-state index in [1.807, 2.05) is 31.2 Å². The van der Waals surface area contributed by atoms with Crippen molar-refractivity contribution in [1.29, 1.82) is 0 Å². The van der Waals surface area contributed by atoms with Crippen LogP contribution in [-0.4, -0.2) is 25.2 Å². The number of carbonyl (C=O) groups is 2. The third-order valence-electron chi connectivity index (χ3n) is 4.12. The number of esters is 1. The standard InChI is InChI=1S/C20H28N2O4/c1-4-7-11-15-17(19(23)25-6-3)18(22-20(24)21-15)14-10-8-9-12-16(14)26-13-5-2/h8-10,12,18H,4-7,11,13H2,1-3H3,(H2,21,22,24). The molecule has 0 fully saturated rings. The minimum atomic E-state index is -0.595. The lowest BCUT2D eigenvalue weighted by atomic mass is 9.93. The van der Waals surface area contributed by atoms with E-state index in [4.69, 9.17) is 9.47 Å². The summed E-state index contributed by atoms with van der Waals surface area (Å²) in [6, 6.07) is 6.56. The Labute approximate surface area is 154 Å². The van der Waals surface area contributed by atoms with Gasteiger partial charge in [-0.15, -0.1) is 0 Å². The topological polar surface area (TPSA) is 76.7 Å². The fraction of sp³-hybridized carbons (Fsp3) is 0.500. The van der Waals surface area contributed by atoms with Gasteiger partial charge in [-0.2, -0.15) is 0 Å². The maximum Gasteiger partial charge on any atom is 0.338 e. The van der Waals surface area contributed by atoms with Crippen molar-refractivity contribution >= 4 is 12.0 Å². The number of hydrogen-bond donors (Lipinski definition) is 2. The minimum absolute atomic E-state index is 0.276. The summed E-state index contributed by atoms with van der Waals surface area (Å²) in [5, 5.41) is 5.65. The zero-order chi connectivity index (χ0) is 18.9. The molecule has 1 aliphatic rings. The van der Waals surface area contributed by atoms with Crippen LogP contribution < -0.4 is 15.4 Å². The lowest BCUT2D eigenvalue weighted by molar-refractivity contribution is -0.139. The van der Waals surface area contributed by atoms with E-state index >= 15 is 0 Å². The maximum absolute atomic E-state index is 12.7. The SMILES string of the molecule is CCCCC1=C(C(=O)OCC)C(c2ccccc2OCCC)NC(=O)N1. The second-order valence-electron chi connectivity index (χ2n) is 6.13. The second kappa shape index (κ2) is 9.85. The van der Waals surface area contributed by atoms with E-state index in [2.05, 4.69) is 17.6 Å². The molecule has 1 aromatic rings. The largest absolute Gasteiger partial charge is 0.493 e. The Morgan fingerprint density at radius 1 is 1.15 bits per heavy atom. The van der Waals surface area contributed by atoms with Crippen LogP contribution in [-0.2, 0) is 9.53 Å². The molecule has 26 heavy (non-hydrogen) atoms. The van der Waals surface area contributed by atoms with Gasteiger partial charge in [0.2, 0.25) is 0 Å². The molecule has 2 amide bonds. The Morgan fingerprint density at radius 3 is 2.62 bits per heavy atom. The van der Waals surface area contributed by atoms with E-state index in [1.54, 1.807) is 6.92 Å². The lowest BCUT2D eigenvalue weighted by Crippen LogP contribution is -2.46. The van der Waals surface area contributed by atoms with Crippen molar-refractivity contribution in [3.05, 3.63) is 41.1 Å². The highest BCUT2D eigenvalue weighted by atomic mass is 16.5. The third kappa shape index (κ3) is 4.77. The van der Waals surface area contributed by atoms with Gasteiger partial charge in [0.15, 0.2) is 0 Å². The predicted octanol–water partition coefficient (Wildman–Crippen LogP) is 3.84. The van der Waals surface area contributed by atoms with Crippen molar-refractivity contribution in [1.82, 2.24) is 10.6 Å². The fourth-order valence-corrected chi connectivity index (χ4v) is 2.91. The number of hydrogen-bond acceptors (Lipinski definition) is 4. The molecule has 2 rings (SSSR count). The van der Waals surface area contributed by atoms with Gasteiger partial charge in [0.1, 0.15) is 5.75 Å². The first-order valence-electron chi connectivity index (χ1n) is 9.31. The maximum atomic E-state index is 12.7. The van der Waals surface area contributed by atoms with Crippen molar-refractivity contribution in [2.45, 2.75) is 52.5 Å². The van der Waals surface area contributed by atoms with Crippen LogP contribution in [0.1, 0.15) is 58.1 Å². The first-order chi connectivity index (χ1) is 12.6. The van der Waals surface area contributed by atoms with Gasteiger partial charge in [-0.05, 0) is 32.3 Å². The molecule has 0 radical (unpaired) electrons. The highest BCUT2D eigenvalue weighted by Gasteiger charge is 2.34. The van der Waals surface area contributed by atoms with Crippen LogP contribution in [0.5, 0.6) is 5.75 Å². The summed E-state index contributed by atoms with van der Waals surface area (Å²) in [7, 11) is 0. The molecule has 0 bridgehead atoms. The minimum Gasteiger partial charge on any atom is -0.493 e. The van der Waals surface area contributed by atoms with Crippen molar-refractivity contribution in [3.63, 3.8) is 0 Å². The fourth-order valence-electron chi connectivity index (χ4n) is 2.91. The summed E-state index contributed by atoms with van der Waals surface area (Å²) < 4.78 is 11.1. The van der Waals surface area contributed by atoms with Gasteiger partial charge in [0, 0.05) is 11.3 Å². The number of unbranched alkanes of at least 4 members (excludes halogenated alkanes) is 1. The first kappa shape index (κ1) is 19.8. The quantitative estimate of drug-likeness (QED) is 0.656. The molecular weight excluding hydrogens is 332 g/mol. The van der Waals surface area contributed by atoms with E-state index in [0.29, 0.717) is 30.0 Å². The van der Waals surface area contributed by atoms with E-state index in [9.17, 15) is 9.59 Å². The number of amides is 2. The number of benzene rings is 1. The molecule has 0 saturated heterocycles. The van der Waals surface area contributed by atoms with Gasteiger partial charge in [-0.1, -0.05) is 38.5 Å². The van der Waals surface area contributed by atoms with E-state index in [1.165, 1.54) is 0 Å². The van der Waals surface area contributed by atoms with Crippen molar-refractivity contribution in [2.24, 2.45) is 0 Å². The molecule has 1 heterocycles. The number of carbonyl (C=O) groups excluding carboxylic acids is 2. The first-order valence-corrected chi connectivity index (χ1v) is 9.31. The number of urea groups is 1. The van der Waals surface area contributed by atoms with Gasteiger partial charge in [-0.25, -0.2) is 9.59 Å². The van der Waals surface area contributed by atoms with Crippen molar-refractivity contribution in [2.75, 3.05) is 13.2 Å². The zero-order valence-electron chi connectivity index (χ0n) is 15.8. The van der Waals surface area contributed by atoms with Crippen LogP contribution in [0.2, 0.25) is 0 Å². The van der Waals surface area contributed by atoms with Crippen LogP contribution >= 0.6 is 0 Å². The molecule has 1 aromatic carbocycles. The van der Waals surface area contributed by atoms with Crippen molar-refractivity contribution < 1.29 is 19.1 Å². The summed E-state index contributed by atoms with van der Waals surface area (Å²) >= 11 is 0. The highest BCUT2D eigenvalue weighted by molar-refractivity contribution is 5.95. The van der Waals surface area contributed by atoms with Crippen LogP contribution in [0.15, 0.2) is 35.5 Å². The summed E-state index contributed by atoms with van der Waals surface area (Å²) in [4.78, 5) is 24.9. The second-order valence-corrected chi connectivity index (χ2v) is 6.13. The molecule has 1 atom stereocenters. The molecule has 0 spiro atoms. The number of rotatable bonds is 9. The van der Waals surface area contributed by atoms with E-state index in [-0.39, 0.29) is 12.6 Å². The normalized spacial score (nSPS) is 16.7. The molecule has 6 heteroatoms. The molecule has 142 valence electrons. The molecule has 0 aromatic heterocycles. The van der Waals surface area contributed by atoms with Crippen LogP contribution in [0, 0.1) is 0 Å². The van der Waals surface area contributed by atoms with Gasteiger partial charge < -0.3 is 20.1 Å². The van der Waals surface area contributed by atoms with Gasteiger partial charge in [0.25, 0.3) is 0 Å².